The van der Waals surface area contributed by atoms with E-state index in [0.29, 0.717) is 19.6 Å². The molecule has 2 N–H and O–H groups in total. The smallest absolute Gasteiger partial charge is 0.408 e. The standard InChI is InChI=1S/C26H33BBrClFN3O4/c1-17(2)15-22(27-36-13-11-33(3)12-14-37-27)32-25(34)21(16-18-7-5-4-6-8-18)31-26(35)23-20(29)10-9-19(28)24(23)30/h4-10,17,21-22H,11-16H2,1-3H3,(H,31,35)(H,32,34)/t21-,22-/m0/s1. The number of carbonyl (C=O) groups is 2. The molecule has 200 valence electrons. The molecule has 0 unspecified atom stereocenters. The van der Waals surface area contributed by atoms with Crippen LogP contribution in [-0.2, 0) is 20.5 Å². The summed E-state index contributed by atoms with van der Waals surface area (Å²) in [4.78, 5) is 28.9. The van der Waals surface area contributed by atoms with Gasteiger partial charge < -0.3 is 24.8 Å². The van der Waals surface area contributed by atoms with Crippen LogP contribution in [-0.4, -0.2) is 69.2 Å². The van der Waals surface area contributed by atoms with Gasteiger partial charge in [0.25, 0.3) is 5.91 Å². The maximum absolute atomic E-state index is 14.8. The summed E-state index contributed by atoms with van der Waals surface area (Å²) in [6.45, 7) is 6.56. The van der Waals surface area contributed by atoms with Crippen molar-refractivity contribution in [3.05, 3.63) is 68.9 Å². The van der Waals surface area contributed by atoms with Crippen LogP contribution in [0.5, 0.6) is 0 Å². The molecule has 1 heterocycles. The summed E-state index contributed by atoms with van der Waals surface area (Å²) in [7, 11) is 1.38. The number of amides is 2. The lowest BCUT2D eigenvalue weighted by atomic mass is 9.73. The van der Waals surface area contributed by atoms with Gasteiger partial charge in [-0.3, -0.25) is 9.59 Å². The summed E-state index contributed by atoms with van der Waals surface area (Å²) in [5.74, 6) is -2.16. The first-order valence-corrected chi connectivity index (χ1v) is 13.5. The van der Waals surface area contributed by atoms with Gasteiger partial charge in [-0.15, -0.1) is 0 Å². The van der Waals surface area contributed by atoms with Crippen molar-refractivity contribution in [1.29, 1.82) is 0 Å². The van der Waals surface area contributed by atoms with Crippen molar-refractivity contribution in [3.8, 4) is 0 Å². The lowest BCUT2D eigenvalue weighted by Crippen LogP contribution is -2.57. The van der Waals surface area contributed by atoms with Crippen molar-refractivity contribution in [2.24, 2.45) is 5.92 Å². The highest BCUT2D eigenvalue weighted by molar-refractivity contribution is 9.10. The monoisotopic (exact) mass is 595 g/mol. The largest absolute Gasteiger partial charge is 0.480 e. The Kier molecular flexibility index (Phi) is 11.4. The van der Waals surface area contributed by atoms with Crippen LogP contribution in [0.2, 0.25) is 5.02 Å². The van der Waals surface area contributed by atoms with Crippen molar-refractivity contribution in [3.63, 3.8) is 0 Å². The molecule has 0 aliphatic carbocycles. The van der Waals surface area contributed by atoms with E-state index >= 15 is 0 Å². The van der Waals surface area contributed by atoms with Gasteiger partial charge >= 0.3 is 7.12 Å². The van der Waals surface area contributed by atoms with Crippen LogP contribution < -0.4 is 10.6 Å². The molecule has 0 bridgehead atoms. The van der Waals surface area contributed by atoms with Gasteiger partial charge in [0.05, 0.1) is 21.0 Å². The van der Waals surface area contributed by atoms with Gasteiger partial charge in [0.15, 0.2) is 5.82 Å². The van der Waals surface area contributed by atoms with Crippen LogP contribution >= 0.6 is 27.5 Å². The lowest BCUT2D eigenvalue weighted by Gasteiger charge is -2.31. The molecule has 2 aromatic rings. The van der Waals surface area contributed by atoms with Crippen LogP contribution in [0.4, 0.5) is 4.39 Å². The molecular formula is C26H33BBrClFN3O4. The van der Waals surface area contributed by atoms with Gasteiger partial charge in [0.1, 0.15) is 6.04 Å². The number of nitrogens with one attached hydrogen (secondary N) is 2. The van der Waals surface area contributed by atoms with Gasteiger partial charge in [-0.1, -0.05) is 55.8 Å². The number of benzene rings is 2. The molecule has 0 spiro atoms. The highest BCUT2D eigenvalue weighted by atomic mass is 79.9. The van der Waals surface area contributed by atoms with Gasteiger partial charge in [-0.2, -0.15) is 0 Å². The zero-order valence-electron chi connectivity index (χ0n) is 21.3. The zero-order chi connectivity index (χ0) is 26.9. The summed E-state index contributed by atoms with van der Waals surface area (Å²) in [5, 5.41) is 5.69. The maximum Gasteiger partial charge on any atom is 0.480 e. The Morgan fingerprint density at radius 1 is 1.11 bits per heavy atom. The fraction of sp³-hybridized carbons (Fsp3) is 0.462. The molecule has 0 saturated carbocycles. The molecule has 11 heteroatoms. The Morgan fingerprint density at radius 2 is 1.76 bits per heavy atom. The van der Waals surface area contributed by atoms with Crippen molar-refractivity contribution in [2.45, 2.75) is 38.7 Å². The molecule has 7 nitrogen and oxygen atoms in total. The summed E-state index contributed by atoms with van der Waals surface area (Å²) in [6.07, 6.45) is 0.821. The second-order valence-corrected chi connectivity index (χ2v) is 10.9. The van der Waals surface area contributed by atoms with E-state index in [1.54, 1.807) is 0 Å². The second-order valence-electron chi connectivity index (χ2n) is 9.59. The SMILES string of the molecule is CC(C)C[C@H](NC(=O)[C@H](Cc1ccccc1)NC(=O)c1c(Cl)ccc(Br)c1F)B1OCCN(C)CCO1. The maximum atomic E-state index is 14.8. The fourth-order valence-electron chi connectivity index (χ4n) is 4.10. The highest BCUT2D eigenvalue weighted by Crippen LogP contribution is 2.26. The van der Waals surface area contributed by atoms with E-state index in [-0.39, 0.29) is 27.4 Å². The molecule has 3 rings (SSSR count). The van der Waals surface area contributed by atoms with Gasteiger partial charge in [0, 0.05) is 32.7 Å². The van der Waals surface area contributed by atoms with Gasteiger partial charge in [0.2, 0.25) is 5.91 Å². The predicted molar refractivity (Wildman–Crippen MR) is 147 cm³/mol. The first kappa shape index (κ1) is 29.6. The summed E-state index contributed by atoms with van der Waals surface area (Å²) < 4.78 is 26.8. The Hall–Kier alpha value is -1.98. The molecule has 37 heavy (non-hydrogen) atoms. The molecule has 2 atom stereocenters. The predicted octanol–water partition coefficient (Wildman–Crippen LogP) is 4.12. The molecule has 1 saturated heterocycles. The number of halogens is 3. The van der Waals surface area contributed by atoms with Crippen molar-refractivity contribution >= 4 is 46.5 Å². The number of hydrogen-bond acceptors (Lipinski definition) is 5. The molecule has 1 aliphatic heterocycles. The molecule has 0 aromatic heterocycles. The van der Waals surface area contributed by atoms with E-state index < -0.39 is 36.7 Å². The lowest BCUT2D eigenvalue weighted by molar-refractivity contribution is -0.123. The minimum absolute atomic E-state index is 0.0453. The first-order chi connectivity index (χ1) is 17.7. The minimum Gasteiger partial charge on any atom is -0.408 e. The number of rotatable bonds is 9. The number of hydrogen-bond donors (Lipinski definition) is 2. The van der Waals surface area contributed by atoms with E-state index in [9.17, 15) is 14.0 Å². The van der Waals surface area contributed by atoms with Crippen molar-refractivity contribution in [1.82, 2.24) is 15.5 Å². The Bertz CT molecular complexity index is 1060. The van der Waals surface area contributed by atoms with E-state index in [1.165, 1.54) is 12.1 Å². The van der Waals surface area contributed by atoms with Crippen LogP contribution in [0.15, 0.2) is 46.9 Å². The van der Waals surface area contributed by atoms with E-state index in [0.717, 1.165) is 18.7 Å². The quantitative estimate of drug-likeness (QED) is 0.337. The summed E-state index contributed by atoms with van der Waals surface area (Å²) in [6, 6.07) is 11.2. The third-order valence-corrected chi connectivity index (χ3v) is 6.99. The average Bonchev–Trinajstić information content (AvgIpc) is 2.83. The average molecular weight is 597 g/mol. The summed E-state index contributed by atoms with van der Waals surface area (Å²) >= 11 is 9.23. The fourth-order valence-corrected chi connectivity index (χ4v) is 4.66. The molecule has 1 fully saturated rings. The molecule has 2 amide bonds. The second kappa shape index (κ2) is 14.3. The van der Waals surface area contributed by atoms with Gasteiger partial charge in [-0.05, 0) is 53.0 Å². The molecular weight excluding hydrogens is 563 g/mol. The van der Waals surface area contributed by atoms with Gasteiger partial charge in [-0.25, -0.2) is 4.39 Å². The third kappa shape index (κ3) is 8.79. The molecule has 1 aliphatic rings. The van der Waals surface area contributed by atoms with Crippen LogP contribution in [0.3, 0.4) is 0 Å². The Morgan fingerprint density at radius 3 is 2.38 bits per heavy atom. The number of carbonyl (C=O) groups excluding carboxylic acids is 2. The number of nitrogens with zero attached hydrogens (tertiary/aromatic N) is 1. The zero-order valence-corrected chi connectivity index (χ0v) is 23.6. The Labute approximate surface area is 231 Å². The van der Waals surface area contributed by atoms with Crippen LogP contribution in [0, 0.1) is 11.7 Å². The van der Waals surface area contributed by atoms with E-state index in [4.69, 9.17) is 20.9 Å². The normalized spacial score (nSPS) is 16.6. The molecule has 0 radical (unpaired) electrons. The number of likely N-dealkylation sites (N-methyl/N-ethyl adjacent to an activating group) is 1. The topological polar surface area (TPSA) is 79.9 Å². The first-order valence-electron chi connectivity index (χ1n) is 12.4. The van der Waals surface area contributed by atoms with Crippen molar-refractivity contribution in [2.75, 3.05) is 33.4 Å². The molecule has 2 aromatic carbocycles. The van der Waals surface area contributed by atoms with Crippen LogP contribution in [0.1, 0.15) is 36.2 Å². The highest BCUT2D eigenvalue weighted by Gasteiger charge is 2.35. The Balaban J connectivity index is 1.83. The summed E-state index contributed by atoms with van der Waals surface area (Å²) in [5.41, 5.74) is 0.516. The minimum atomic E-state index is -0.987. The van der Waals surface area contributed by atoms with E-state index in [2.05, 4.69) is 45.3 Å². The van der Waals surface area contributed by atoms with Crippen LogP contribution in [0.25, 0.3) is 0 Å². The third-order valence-electron chi connectivity index (χ3n) is 6.07. The van der Waals surface area contributed by atoms with Crippen molar-refractivity contribution < 1.29 is 23.3 Å². The van der Waals surface area contributed by atoms with E-state index in [1.807, 2.05) is 37.4 Å².